The number of aryl methyl sites for hydroxylation is 2. The van der Waals surface area contributed by atoms with Crippen LogP contribution in [-0.4, -0.2) is 44.0 Å². The molecule has 1 N–H and O–H groups in total. The zero-order chi connectivity index (χ0) is 20.1. The van der Waals surface area contributed by atoms with Gasteiger partial charge in [-0.1, -0.05) is 11.6 Å². The minimum Gasteiger partial charge on any atom is -0.365 e. The number of benzene rings is 1. The van der Waals surface area contributed by atoms with Crippen molar-refractivity contribution < 1.29 is 4.39 Å². The van der Waals surface area contributed by atoms with E-state index in [4.69, 9.17) is 11.6 Å². The van der Waals surface area contributed by atoms with Gasteiger partial charge in [0.05, 0.1) is 16.4 Å². The highest BCUT2D eigenvalue weighted by Crippen LogP contribution is 2.47. The Kier molecular flexibility index (Phi) is 4.52. The second kappa shape index (κ2) is 7.07. The second-order valence-electron chi connectivity index (χ2n) is 8.02. The third kappa shape index (κ3) is 3.60. The topological polar surface area (TPSA) is 58.9 Å². The maximum atomic E-state index is 13.5. The molecule has 3 heterocycles. The third-order valence-electron chi connectivity index (χ3n) is 6.00. The molecule has 0 spiro atoms. The van der Waals surface area contributed by atoms with Crippen LogP contribution in [0.1, 0.15) is 11.4 Å². The van der Waals surface area contributed by atoms with Crippen LogP contribution in [0.25, 0.3) is 11.3 Å². The van der Waals surface area contributed by atoms with Gasteiger partial charge in [-0.2, -0.15) is 5.10 Å². The lowest BCUT2D eigenvalue weighted by molar-refractivity contribution is 0.288. The summed E-state index contributed by atoms with van der Waals surface area (Å²) in [6.07, 6.45) is 0. The average molecular weight is 413 g/mol. The highest BCUT2D eigenvalue weighted by atomic mass is 35.5. The van der Waals surface area contributed by atoms with E-state index in [2.05, 4.69) is 38.5 Å². The van der Waals surface area contributed by atoms with Crippen molar-refractivity contribution in [3.63, 3.8) is 0 Å². The molecule has 2 atom stereocenters. The van der Waals surface area contributed by atoms with E-state index in [0.29, 0.717) is 34.2 Å². The number of hydrogen-bond donors (Lipinski definition) is 1. The Labute approximate surface area is 173 Å². The summed E-state index contributed by atoms with van der Waals surface area (Å²) in [5, 5.41) is 17.0. The van der Waals surface area contributed by atoms with Gasteiger partial charge < -0.3 is 5.32 Å². The van der Waals surface area contributed by atoms with Gasteiger partial charge in [-0.05, 0) is 55.2 Å². The minimum absolute atomic E-state index is 0.343. The molecular formula is C21H22ClFN6. The number of halogens is 2. The molecule has 1 aliphatic carbocycles. The van der Waals surface area contributed by atoms with Crippen LogP contribution in [0, 0.1) is 24.6 Å². The molecular weight excluding hydrogens is 391 g/mol. The molecule has 1 aliphatic heterocycles. The molecule has 0 amide bonds. The van der Waals surface area contributed by atoms with E-state index in [1.54, 1.807) is 0 Å². The molecule has 0 bridgehead atoms. The van der Waals surface area contributed by atoms with Crippen molar-refractivity contribution in [3.8, 4) is 11.3 Å². The molecule has 1 aromatic carbocycles. The van der Waals surface area contributed by atoms with Crippen molar-refractivity contribution in [1.82, 2.24) is 24.9 Å². The highest BCUT2D eigenvalue weighted by Gasteiger charge is 2.55. The Morgan fingerprint density at radius 3 is 2.59 bits per heavy atom. The predicted octanol–water partition coefficient (Wildman–Crippen LogP) is 3.52. The molecule has 5 rings (SSSR count). The number of fused-ring (bicyclic) bond motifs is 1. The van der Waals surface area contributed by atoms with Crippen LogP contribution in [0.4, 0.5) is 10.2 Å². The van der Waals surface area contributed by atoms with Crippen molar-refractivity contribution in [1.29, 1.82) is 0 Å². The first kappa shape index (κ1) is 18.5. The molecule has 150 valence electrons. The lowest BCUT2D eigenvalue weighted by Gasteiger charge is -2.18. The van der Waals surface area contributed by atoms with Crippen LogP contribution < -0.4 is 5.32 Å². The van der Waals surface area contributed by atoms with E-state index in [0.717, 1.165) is 31.1 Å². The molecule has 8 heteroatoms. The Hall–Kier alpha value is -2.51. The largest absolute Gasteiger partial charge is 0.365 e. The van der Waals surface area contributed by atoms with Crippen molar-refractivity contribution in [3.05, 3.63) is 58.6 Å². The van der Waals surface area contributed by atoms with Crippen molar-refractivity contribution in [2.45, 2.75) is 19.5 Å². The number of likely N-dealkylation sites (tertiary alicyclic amines) is 1. The van der Waals surface area contributed by atoms with E-state index in [1.807, 2.05) is 23.9 Å². The van der Waals surface area contributed by atoms with Crippen LogP contribution in [-0.2, 0) is 13.6 Å². The molecule has 3 aromatic rings. The molecule has 6 nitrogen and oxygen atoms in total. The number of aromatic nitrogens is 4. The van der Waals surface area contributed by atoms with Crippen molar-refractivity contribution in [2.24, 2.45) is 18.9 Å². The van der Waals surface area contributed by atoms with Crippen LogP contribution in [0.3, 0.4) is 0 Å². The summed E-state index contributed by atoms with van der Waals surface area (Å²) in [5.41, 5.74) is 3.43. The average Bonchev–Trinajstić information content (AvgIpc) is 3.00. The number of nitrogens with zero attached hydrogens (tertiary/aromatic N) is 5. The molecule has 2 fully saturated rings. The summed E-state index contributed by atoms with van der Waals surface area (Å²) in [6.45, 7) is 5.13. The lowest BCUT2D eigenvalue weighted by Crippen LogP contribution is -2.28. The van der Waals surface area contributed by atoms with Gasteiger partial charge in [0.25, 0.3) is 0 Å². The fourth-order valence-corrected chi connectivity index (χ4v) is 4.53. The van der Waals surface area contributed by atoms with Crippen LogP contribution in [0.15, 0.2) is 36.4 Å². The van der Waals surface area contributed by atoms with Gasteiger partial charge in [-0.15, -0.1) is 10.2 Å². The maximum Gasteiger partial charge on any atom is 0.148 e. The number of piperidine rings is 1. The van der Waals surface area contributed by atoms with Gasteiger partial charge in [0.1, 0.15) is 11.6 Å². The fraction of sp³-hybridized carbons (Fsp3) is 0.381. The smallest absolute Gasteiger partial charge is 0.148 e. The van der Waals surface area contributed by atoms with Gasteiger partial charge >= 0.3 is 0 Å². The number of rotatable bonds is 5. The first-order valence-electron chi connectivity index (χ1n) is 9.75. The second-order valence-corrected chi connectivity index (χ2v) is 8.43. The van der Waals surface area contributed by atoms with E-state index in [1.165, 1.54) is 23.9 Å². The third-order valence-corrected chi connectivity index (χ3v) is 6.33. The van der Waals surface area contributed by atoms with Gasteiger partial charge in [0, 0.05) is 44.0 Å². The molecule has 1 saturated heterocycles. The zero-order valence-electron chi connectivity index (χ0n) is 16.3. The molecule has 29 heavy (non-hydrogen) atoms. The Bertz CT molecular complexity index is 1020. The molecule has 2 unspecified atom stereocenters. The summed E-state index contributed by atoms with van der Waals surface area (Å²) in [4.78, 5) is 2.47. The minimum atomic E-state index is -0.343. The summed E-state index contributed by atoms with van der Waals surface area (Å²) in [7, 11) is 1.98. The normalized spacial score (nSPS) is 23.2. The van der Waals surface area contributed by atoms with E-state index < -0.39 is 0 Å². The quantitative estimate of drug-likeness (QED) is 0.694. The Morgan fingerprint density at radius 1 is 1.14 bits per heavy atom. The number of nitrogens with one attached hydrogen (secondary N) is 1. The molecule has 1 saturated carbocycles. The zero-order valence-corrected chi connectivity index (χ0v) is 17.1. The van der Waals surface area contributed by atoms with E-state index in [9.17, 15) is 4.39 Å². The van der Waals surface area contributed by atoms with Crippen molar-refractivity contribution >= 4 is 17.4 Å². The monoisotopic (exact) mass is 412 g/mol. The fourth-order valence-electron chi connectivity index (χ4n) is 4.32. The standard InChI is InChI=1S/C21H22ClFN6/c1-12-7-14(27-28(12)2)9-29-10-16-17(11-29)21(16)24-20-6-5-19(25-26-20)15-8-13(23)3-4-18(15)22/h3-8,16-17,21H,9-11H2,1-2H3,(H,24,26). The summed E-state index contributed by atoms with van der Waals surface area (Å²) in [6, 6.07) is 10.5. The number of hydrogen-bond acceptors (Lipinski definition) is 5. The van der Waals surface area contributed by atoms with Gasteiger partial charge in [-0.3, -0.25) is 9.58 Å². The summed E-state index contributed by atoms with van der Waals surface area (Å²) in [5.74, 6) is 1.68. The van der Waals surface area contributed by atoms with E-state index >= 15 is 0 Å². The van der Waals surface area contributed by atoms with E-state index in [-0.39, 0.29) is 5.82 Å². The summed E-state index contributed by atoms with van der Waals surface area (Å²) < 4.78 is 15.4. The molecule has 0 radical (unpaired) electrons. The Morgan fingerprint density at radius 2 is 1.93 bits per heavy atom. The van der Waals surface area contributed by atoms with Gasteiger partial charge in [0.2, 0.25) is 0 Å². The maximum absolute atomic E-state index is 13.5. The summed E-state index contributed by atoms with van der Waals surface area (Å²) >= 11 is 6.15. The Balaban J connectivity index is 1.18. The van der Waals surface area contributed by atoms with Crippen molar-refractivity contribution in [2.75, 3.05) is 18.4 Å². The molecule has 2 aliphatic rings. The first-order valence-corrected chi connectivity index (χ1v) is 10.1. The predicted molar refractivity (Wildman–Crippen MR) is 110 cm³/mol. The number of anilines is 1. The SMILES string of the molecule is Cc1cc(CN2CC3C(C2)C3Nc2ccc(-c3cc(F)ccc3Cl)nn2)nn1C. The highest BCUT2D eigenvalue weighted by molar-refractivity contribution is 6.33. The van der Waals surface area contributed by atoms with Crippen LogP contribution >= 0.6 is 11.6 Å². The van der Waals surface area contributed by atoms with Gasteiger partial charge in [-0.25, -0.2) is 4.39 Å². The van der Waals surface area contributed by atoms with Crippen LogP contribution in [0.2, 0.25) is 5.02 Å². The lowest BCUT2D eigenvalue weighted by atomic mass is 10.1. The van der Waals surface area contributed by atoms with Gasteiger partial charge in [0.15, 0.2) is 0 Å². The van der Waals surface area contributed by atoms with Crippen LogP contribution in [0.5, 0.6) is 0 Å². The molecule has 2 aromatic heterocycles. The first-order chi connectivity index (χ1) is 14.0.